The third-order valence-corrected chi connectivity index (χ3v) is 9.56. The van der Waals surface area contributed by atoms with Gasteiger partial charge in [0.2, 0.25) is 23.6 Å². The molecule has 0 radical (unpaired) electrons. The van der Waals surface area contributed by atoms with Gasteiger partial charge in [-0.05, 0) is 49.1 Å². The fourth-order valence-corrected chi connectivity index (χ4v) is 7.64. The minimum atomic E-state index is -0.918. The third-order valence-electron chi connectivity index (χ3n) is 9.56. The lowest BCUT2D eigenvalue weighted by atomic mass is 9.57. The fraction of sp³-hybridized carbons (Fsp3) is 0.250. The number of aromatic hydroxyl groups is 1. The third kappa shape index (κ3) is 4.14. The molecule has 3 fully saturated rings. The number of fused-ring (bicyclic) bond motifs is 4. The molecular formula is C32H24N4O9. The number of allylic oxidation sites excluding steroid dienone is 2. The van der Waals surface area contributed by atoms with Gasteiger partial charge in [0.15, 0.2) is 0 Å². The number of nitro benzene ring substituents is 2. The molecule has 13 heteroatoms. The normalized spacial score (nSPS) is 27.2. The number of anilines is 2. The Labute approximate surface area is 254 Å². The maximum atomic E-state index is 14.1. The number of phenolic OH excluding ortho intramolecular Hbond substituents is 1. The van der Waals surface area contributed by atoms with Crippen molar-refractivity contribution in [1.29, 1.82) is 0 Å². The smallest absolute Gasteiger partial charge is 0.269 e. The Morgan fingerprint density at radius 2 is 1.16 bits per heavy atom. The molecular weight excluding hydrogens is 584 g/mol. The summed E-state index contributed by atoms with van der Waals surface area (Å²) in [6.07, 6.45) is 2.14. The van der Waals surface area contributed by atoms with Gasteiger partial charge in [0.05, 0.1) is 44.9 Å². The zero-order valence-corrected chi connectivity index (χ0v) is 23.4. The number of carbonyl (C=O) groups excluding carboxylic acids is 4. The molecule has 2 heterocycles. The number of carbonyl (C=O) groups is 4. The molecule has 0 unspecified atom stereocenters. The second kappa shape index (κ2) is 10.2. The van der Waals surface area contributed by atoms with E-state index in [4.69, 9.17) is 0 Å². The van der Waals surface area contributed by atoms with E-state index in [-0.39, 0.29) is 41.3 Å². The van der Waals surface area contributed by atoms with Crippen LogP contribution in [0.1, 0.15) is 24.3 Å². The number of nitrogens with zero attached hydrogens (tertiary/aromatic N) is 4. The van der Waals surface area contributed by atoms with Gasteiger partial charge in [-0.25, -0.2) is 0 Å². The Hall–Kier alpha value is -5.72. The lowest BCUT2D eigenvalue weighted by molar-refractivity contribution is -0.385. The number of benzene rings is 3. The average Bonchev–Trinajstić information content (AvgIpc) is 3.44. The molecule has 6 atom stereocenters. The summed E-state index contributed by atoms with van der Waals surface area (Å²) >= 11 is 0. The molecule has 2 aliphatic heterocycles. The molecule has 3 aromatic rings. The standard InChI is InChI=1S/C32H24N4O9/c37-25-4-2-1-3-21(25)26-20-13-14-22-27(31(40)33(29(22)38)16-5-9-18(10-6-16)35(42)43)23(20)15-24-28(26)32(41)34(30(24)39)17-7-11-19(12-8-17)36(44)45/h1-13,22-24,26-28,37H,14-15H2/t22-,23+,24+,26+,27-,28+/m0/s1. The minimum Gasteiger partial charge on any atom is -0.508 e. The van der Waals surface area contributed by atoms with E-state index in [2.05, 4.69) is 0 Å². The maximum absolute atomic E-state index is 14.1. The van der Waals surface area contributed by atoms with Crippen LogP contribution in [0.3, 0.4) is 0 Å². The summed E-state index contributed by atoms with van der Waals surface area (Å²) in [5, 5.41) is 33.3. The van der Waals surface area contributed by atoms with Crippen LogP contribution in [-0.2, 0) is 19.2 Å². The van der Waals surface area contributed by atoms with Crippen molar-refractivity contribution >= 4 is 46.4 Å². The number of para-hydroxylation sites is 1. The Morgan fingerprint density at radius 3 is 1.69 bits per heavy atom. The summed E-state index contributed by atoms with van der Waals surface area (Å²) in [5.74, 6) is -6.84. The number of amides is 4. The van der Waals surface area contributed by atoms with Gasteiger partial charge in [0.25, 0.3) is 11.4 Å². The predicted molar refractivity (Wildman–Crippen MR) is 157 cm³/mol. The van der Waals surface area contributed by atoms with Crippen molar-refractivity contribution < 1.29 is 34.1 Å². The Balaban J connectivity index is 1.30. The van der Waals surface area contributed by atoms with Crippen molar-refractivity contribution in [2.45, 2.75) is 18.8 Å². The minimum absolute atomic E-state index is 0.0831. The molecule has 1 saturated carbocycles. The summed E-state index contributed by atoms with van der Waals surface area (Å²) < 4.78 is 0. The van der Waals surface area contributed by atoms with Crippen molar-refractivity contribution in [2.75, 3.05) is 9.80 Å². The van der Waals surface area contributed by atoms with Gasteiger partial charge in [0, 0.05) is 35.7 Å². The molecule has 2 saturated heterocycles. The lowest BCUT2D eigenvalue weighted by Gasteiger charge is -2.44. The van der Waals surface area contributed by atoms with Gasteiger partial charge in [-0.15, -0.1) is 0 Å². The van der Waals surface area contributed by atoms with E-state index in [0.717, 1.165) is 9.80 Å². The largest absolute Gasteiger partial charge is 0.508 e. The number of nitro groups is 2. The van der Waals surface area contributed by atoms with Crippen LogP contribution in [0.5, 0.6) is 5.75 Å². The second-order valence-electron chi connectivity index (χ2n) is 11.7. The summed E-state index contributed by atoms with van der Waals surface area (Å²) in [6, 6.07) is 16.7. The summed E-state index contributed by atoms with van der Waals surface area (Å²) in [5.41, 5.74) is 1.09. The Kier molecular flexibility index (Phi) is 6.35. The molecule has 7 rings (SSSR count). The van der Waals surface area contributed by atoms with Gasteiger partial charge in [-0.3, -0.25) is 49.2 Å². The number of rotatable bonds is 5. The molecule has 4 aliphatic rings. The first-order valence-electron chi connectivity index (χ1n) is 14.3. The van der Waals surface area contributed by atoms with Crippen LogP contribution in [0.2, 0.25) is 0 Å². The van der Waals surface area contributed by atoms with Crippen LogP contribution in [0.15, 0.2) is 84.4 Å². The lowest BCUT2D eigenvalue weighted by Crippen LogP contribution is -2.43. The van der Waals surface area contributed by atoms with Crippen LogP contribution < -0.4 is 9.80 Å². The number of hydrogen-bond donors (Lipinski definition) is 1. The topological polar surface area (TPSA) is 181 Å². The zero-order valence-electron chi connectivity index (χ0n) is 23.4. The summed E-state index contributed by atoms with van der Waals surface area (Å²) in [6.45, 7) is 0. The van der Waals surface area contributed by atoms with Crippen LogP contribution in [0.25, 0.3) is 0 Å². The quantitative estimate of drug-likeness (QED) is 0.192. The molecule has 3 aromatic carbocycles. The van der Waals surface area contributed by atoms with Crippen molar-refractivity contribution in [3.8, 4) is 5.75 Å². The average molecular weight is 609 g/mol. The predicted octanol–water partition coefficient (Wildman–Crippen LogP) is 4.25. The SMILES string of the molecule is O=C1[C@H]2[C@H](CC=C3[C@H]2C[C@H]2C(=O)N(c4ccc([N+](=O)[O-])cc4)C(=O)[C@H]2[C@H]3c2ccccc2O)C(=O)N1c1ccc([N+](=O)[O-])cc1. The first-order chi connectivity index (χ1) is 21.6. The molecule has 2 aliphatic carbocycles. The van der Waals surface area contributed by atoms with Crippen LogP contribution in [0.4, 0.5) is 22.7 Å². The first-order valence-corrected chi connectivity index (χ1v) is 14.3. The van der Waals surface area contributed by atoms with Crippen LogP contribution in [0, 0.1) is 49.8 Å². The van der Waals surface area contributed by atoms with Crippen molar-refractivity contribution in [3.05, 3.63) is 110 Å². The Bertz CT molecular complexity index is 1850. The van der Waals surface area contributed by atoms with Gasteiger partial charge in [0.1, 0.15) is 5.75 Å². The van der Waals surface area contributed by atoms with Crippen molar-refractivity contribution in [1.82, 2.24) is 0 Å². The highest BCUT2D eigenvalue weighted by Gasteiger charge is 2.62. The number of phenols is 1. The number of imide groups is 2. The van der Waals surface area contributed by atoms with Gasteiger partial charge in [-0.1, -0.05) is 29.8 Å². The molecule has 13 nitrogen and oxygen atoms in total. The van der Waals surface area contributed by atoms with Crippen LogP contribution in [-0.4, -0.2) is 38.6 Å². The van der Waals surface area contributed by atoms with Crippen molar-refractivity contribution in [2.24, 2.45) is 29.6 Å². The first kappa shape index (κ1) is 28.1. The van der Waals surface area contributed by atoms with E-state index >= 15 is 0 Å². The Morgan fingerprint density at radius 1 is 0.644 bits per heavy atom. The summed E-state index contributed by atoms with van der Waals surface area (Å²) in [4.78, 5) is 79.0. The van der Waals surface area contributed by atoms with E-state index in [9.17, 15) is 44.5 Å². The van der Waals surface area contributed by atoms with Gasteiger partial charge < -0.3 is 5.11 Å². The second-order valence-corrected chi connectivity index (χ2v) is 11.7. The maximum Gasteiger partial charge on any atom is 0.269 e. The van der Waals surface area contributed by atoms with Gasteiger partial charge in [-0.2, -0.15) is 0 Å². The number of non-ortho nitro benzene ring substituents is 2. The molecule has 0 spiro atoms. The van der Waals surface area contributed by atoms with Crippen LogP contribution >= 0.6 is 0 Å². The van der Waals surface area contributed by atoms with E-state index < -0.39 is 69.0 Å². The highest BCUT2D eigenvalue weighted by atomic mass is 16.6. The highest BCUT2D eigenvalue weighted by Crippen LogP contribution is 2.59. The number of hydrogen-bond acceptors (Lipinski definition) is 9. The molecule has 0 aromatic heterocycles. The van der Waals surface area contributed by atoms with E-state index in [1.165, 1.54) is 54.6 Å². The summed E-state index contributed by atoms with van der Waals surface area (Å²) in [7, 11) is 0. The molecule has 0 bridgehead atoms. The van der Waals surface area contributed by atoms with E-state index in [1.54, 1.807) is 18.2 Å². The molecule has 226 valence electrons. The molecule has 4 amide bonds. The van der Waals surface area contributed by atoms with E-state index in [0.29, 0.717) is 11.1 Å². The van der Waals surface area contributed by atoms with E-state index in [1.807, 2.05) is 6.08 Å². The zero-order chi connectivity index (χ0) is 31.7. The van der Waals surface area contributed by atoms with Crippen molar-refractivity contribution in [3.63, 3.8) is 0 Å². The molecule has 45 heavy (non-hydrogen) atoms. The van der Waals surface area contributed by atoms with Gasteiger partial charge >= 0.3 is 0 Å². The molecule has 1 N–H and O–H groups in total. The fourth-order valence-electron chi connectivity index (χ4n) is 7.64. The highest BCUT2D eigenvalue weighted by molar-refractivity contribution is 6.24. The monoisotopic (exact) mass is 608 g/mol.